The maximum Gasteiger partial charge on any atom is 0.101 e. The fraction of sp³-hybridized carbons (Fsp3) is 1.00. The molecular formula is C15H24O2. The van der Waals surface area contributed by atoms with Crippen LogP contribution >= 0.6 is 0 Å². The lowest BCUT2D eigenvalue weighted by atomic mass is 9.78. The molecule has 0 radical (unpaired) electrons. The van der Waals surface area contributed by atoms with Gasteiger partial charge < -0.3 is 9.47 Å². The molecule has 2 aliphatic carbocycles. The molecule has 0 aromatic rings. The first-order valence-corrected chi connectivity index (χ1v) is 7.37. The van der Waals surface area contributed by atoms with E-state index in [-0.39, 0.29) is 16.8 Å². The van der Waals surface area contributed by atoms with E-state index >= 15 is 0 Å². The summed E-state index contributed by atoms with van der Waals surface area (Å²) >= 11 is 0. The lowest BCUT2D eigenvalue weighted by molar-refractivity contribution is 0.0961. The van der Waals surface area contributed by atoms with E-state index < -0.39 is 0 Å². The monoisotopic (exact) mass is 236 g/mol. The molecule has 2 aliphatic heterocycles. The van der Waals surface area contributed by atoms with Crippen molar-refractivity contribution in [2.24, 2.45) is 17.8 Å². The Kier molecular flexibility index (Phi) is 1.85. The summed E-state index contributed by atoms with van der Waals surface area (Å²) in [6, 6.07) is 0. The predicted octanol–water partition coefficient (Wildman–Crippen LogP) is 3.15. The van der Waals surface area contributed by atoms with Gasteiger partial charge in [0.1, 0.15) is 11.2 Å². The third-order valence-corrected chi connectivity index (χ3v) is 6.54. The molecule has 6 atom stereocenters. The van der Waals surface area contributed by atoms with Crippen LogP contribution in [0.2, 0.25) is 0 Å². The molecule has 0 spiro atoms. The number of rotatable bonds is 1. The van der Waals surface area contributed by atoms with Crippen molar-refractivity contribution in [3.63, 3.8) is 0 Å². The van der Waals surface area contributed by atoms with E-state index in [1.807, 2.05) is 0 Å². The number of ether oxygens (including phenoxy) is 2. The fourth-order valence-electron chi connectivity index (χ4n) is 4.95. The molecule has 96 valence electrons. The SMILES string of the molecule is C[C@H]1CC[C@@H]([C@]2(C)CO2)C[C@]23O[C@]12CC[C@@H]3C. The van der Waals surface area contributed by atoms with E-state index in [1.165, 1.54) is 32.1 Å². The summed E-state index contributed by atoms with van der Waals surface area (Å²) in [7, 11) is 0. The zero-order valence-electron chi connectivity index (χ0n) is 11.3. The minimum Gasteiger partial charge on any atom is -0.370 e. The highest BCUT2D eigenvalue weighted by Gasteiger charge is 2.78. The second-order valence-corrected chi connectivity index (χ2v) is 7.30. The maximum absolute atomic E-state index is 6.39. The van der Waals surface area contributed by atoms with Crippen molar-refractivity contribution in [1.82, 2.24) is 0 Å². The van der Waals surface area contributed by atoms with Gasteiger partial charge in [0.15, 0.2) is 0 Å². The summed E-state index contributed by atoms with van der Waals surface area (Å²) in [4.78, 5) is 0. The van der Waals surface area contributed by atoms with Gasteiger partial charge in [-0.25, -0.2) is 0 Å². The molecule has 2 heteroatoms. The zero-order valence-corrected chi connectivity index (χ0v) is 11.3. The topological polar surface area (TPSA) is 25.1 Å². The van der Waals surface area contributed by atoms with E-state index in [2.05, 4.69) is 20.8 Å². The summed E-state index contributed by atoms with van der Waals surface area (Å²) in [5, 5.41) is 0. The van der Waals surface area contributed by atoms with Gasteiger partial charge in [0.2, 0.25) is 0 Å². The van der Waals surface area contributed by atoms with E-state index in [0.29, 0.717) is 0 Å². The molecule has 0 bridgehead atoms. The van der Waals surface area contributed by atoms with Crippen molar-refractivity contribution in [2.45, 2.75) is 69.7 Å². The van der Waals surface area contributed by atoms with Crippen LogP contribution in [0.3, 0.4) is 0 Å². The molecule has 2 nitrogen and oxygen atoms in total. The highest BCUT2D eigenvalue weighted by Crippen LogP contribution is 2.71. The molecule has 0 aromatic carbocycles. The molecule has 17 heavy (non-hydrogen) atoms. The summed E-state index contributed by atoms with van der Waals surface area (Å²) in [6.07, 6.45) is 6.61. The van der Waals surface area contributed by atoms with Crippen molar-refractivity contribution in [2.75, 3.05) is 6.61 Å². The Morgan fingerprint density at radius 3 is 2.41 bits per heavy atom. The maximum atomic E-state index is 6.39. The zero-order chi connectivity index (χ0) is 11.9. The summed E-state index contributed by atoms with van der Waals surface area (Å²) < 4.78 is 12.1. The Bertz CT molecular complexity index is 362. The van der Waals surface area contributed by atoms with Crippen LogP contribution < -0.4 is 0 Å². The minimum absolute atomic E-state index is 0.193. The third-order valence-electron chi connectivity index (χ3n) is 6.54. The molecule has 4 fully saturated rings. The molecule has 0 N–H and O–H groups in total. The minimum atomic E-state index is 0.193. The smallest absolute Gasteiger partial charge is 0.101 e. The quantitative estimate of drug-likeness (QED) is 0.653. The van der Waals surface area contributed by atoms with Crippen molar-refractivity contribution in [1.29, 1.82) is 0 Å². The van der Waals surface area contributed by atoms with Crippen LogP contribution in [0.4, 0.5) is 0 Å². The van der Waals surface area contributed by atoms with Gasteiger partial charge in [-0.05, 0) is 56.8 Å². The van der Waals surface area contributed by atoms with Gasteiger partial charge in [0.05, 0.1) is 12.2 Å². The molecule has 0 unspecified atom stereocenters. The van der Waals surface area contributed by atoms with E-state index in [4.69, 9.17) is 9.47 Å². The Morgan fingerprint density at radius 2 is 1.71 bits per heavy atom. The highest BCUT2D eigenvalue weighted by molar-refractivity contribution is 5.26. The first-order chi connectivity index (χ1) is 8.03. The molecule has 0 aromatic heterocycles. The summed E-state index contributed by atoms with van der Waals surface area (Å²) in [5.41, 5.74) is 0.702. The summed E-state index contributed by atoms with van der Waals surface area (Å²) in [5.74, 6) is 2.24. The van der Waals surface area contributed by atoms with E-state index in [1.54, 1.807) is 0 Å². The molecule has 2 saturated heterocycles. The molecule has 4 aliphatic rings. The second-order valence-electron chi connectivity index (χ2n) is 7.30. The van der Waals surface area contributed by atoms with Crippen LogP contribution in [-0.2, 0) is 9.47 Å². The van der Waals surface area contributed by atoms with E-state index in [9.17, 15) is 0 Å². The van der Waals surface area contributed by atoms with Gasteiger partial charge in [-0.1, -0.05) is 13.8 Å². The highest BCUT2D eigenvalue weighted by atomic mass is 16.6. The van der Waals surface area contributed by atoms with Crippen molar-refractivity contribution in [3.05, 3.63) is 0 Å². The van der Waals surface area contributed by atoms with Crippen LogP contribution in [0.5, 0.6) is 0 Å². The summed E-state index contributed by atoms with van der Waals surface area (Å²) in [6.45, 7) is 8.09. The average molecular weight is 236 g/mol. The Labute approximate surface area is 104 Å². The Hall–Kier alpha value is -0.0800. The van der Waals surface area contributed by atoms with Crippen LogP contribution in [0.25, 0.3) is 0 Å². The standard InChI is InChI=1S/C15H24O2/c1-10-4-5-12(13(3)9-16-13)8-15-11(2)6-7-14(10,15)17-15/h10-12H,4-9H2,1-3H3/t10-,11-,12+,13-,14+,15+/m0/s1. The van der Waals surface area contributed by atoms with Gasteiger partial charge in [0.25, 0.3) is 0 Å². The van der Waals surface area contributed by atoms with Crippen molar-refractivity contribution in [3.8, 4) is 0 Å². The number of hydrogen-bond acceptors (Lipinski definition) is 2. The normalized spacial score (nSPS) is 64.8. The molecule has 4 rings (SSSR count). The van der Waals surface area contributed by atoms with Gasteiger partial charge in [0, 0.05) is 0 Å². The first kappa shape index (κ1) is 10.8. The average Bonchev–Trinajstić information content (AvgIpc) is 3.15. The Morgan fingerprint density at radius 1 is 1.00 bits per heavy atom. The van der Waals surface area contributed by atoms with Gasteiger partial charge in [-0.15, -0.1) is 0 Å². The van der Waals surface area contributed by atoms with Gasteiger partial charge in [-0.2, -0.15) is 0 Å². The number of hydrogen-bond donors (Lipinski definition) is 0. The Balaban J connectivity index is 1.67. The fourth-order valence-corrected chi connectivity index (χ4v) is 4.95. The molecule has 2 heterocycles. The predicted molar refractivity (Wildman–Crippen MR) is 65.8 cm³/mol. The van der Waals surface area contributed by atoms with Crippen molar-refractivity contribution >= 4 is 0 Å². The first-order valence-electron chi connectivity index (χ1n) is 7.37. The van der Waals surface area contributed by atoms with Gasteiger partial charge >= 0.3 is 0 Å². The van der Waals surface area contributed by atoms with Crippen molar-refractivity contribution < 1.29 is 9.47 Å². The van der Waals surface area contributed by atoms with Crippen LogP contribution in [0, 0.1) is 17.8 Å². The third kappa shape index (κ3) is 1.14. The largest absolute Gasteiger partial charge is 0.370 e. The molecule has 0 amide bonds. The van der Waals surface area contributed by atoms with Crippen LogP contribution in [-0.4, -0.2) is 23.4 Å². The molecule has 2 saturated carbocycles. The lowest BCUT2D eigenvalue weighted by Gasteiger charge is -2.25. The van der Waals surface area contributed by atoms with Crippen LogP contribution in [0.1, 0.15) is 52.9 Å². The van der Waals surface area contributed by atoms with E-state index in [0.717, 1.165) is 24.4 Å². The number of epoxide rings is 2. The lowest BCUT2D eigenvalue weighted by Crippen LogP contribution is -2.32. The van der Waals surface area contributed by atoms with Gasteiger partial charge in [-0.3, -0.25) is 0 Å². The second kappa shape index (κ2) is 2.91. The van der Waals surface area contributed by atoms with Crippen LogP contribution in [0.15, 0.2) is 0 Å². The molecular weight excluding hydrogens is 212 g/mol.